The van der Waals surface area contributed by atoms with Crippen molar-refractivity contribution in [1.82, 2.24) is 0 Å². The Morgan fingerprint density at radius 1 is 1.42 bits per heavy atom. The van der Waals surface area contributed by atoms with Gasteiger partial charge in [-0.3, -0.25) is 0 Å². The molecule has 2 nitrogen and oxygen atoms in total. The van der Waals surface area contributed by atoms with Crippen LogP contribution in [0.5, 0.6) is 0 Å². The lowest BCUT2D eigenvalue weighted by atomic mass is 9.61. The van der Waals surface area contributed by atoms with E-state index in [-0.39, 0.29) is 12.1 Å². The van der Waals surface area contributed by atoms with Gasteiger partial charge in [-0.05, 0) is 80.5 Å². The molecule has 0 aromatic carbocycles. The molecule has 0 aromatic heterocycles. The van der Waals surface area contributed by atoms with E-state index >= 15 is 0 Å². The Balaban J connectivity index is 1.69. The Hall–Kier alpha value is -0.570. The maximum atomic E-state index is 12.0. The van der Waals surface area contributed by atoms with Crippen molar-refractivity contribution < 1.29 is 9.53 Å². The minimum Gasteiger partial charge on any atom is -0.459 e. The summed E-state index contributed by atoms with van der Waals surface area (Å²) in [6.45, 7) is 8.94. The third kappa shape index (κ3) is 3.13. The normalized spacial score (nSPS) is 39.0. The topological polar surface area (TPSA) is 26.3 Å². The summed E-state index contributed by atoms with van der Waals surface area (Å²) in [6.07, 6.45) is 8.49. The molecule has 134 valence electrons. The van der Waals surface area contributed by atoms with Gasteiger partial charge in [-0.1, -0.05) is 40.9 Å². The average molecular weight is 395 g/mol. The van der Waals surface area contributed by atoms with Gasteiger partial charge in [0.25, 0.3) is 0 Å². The first-order valence-electron chi connectivity index (χ1n) is 9.53. The first kappa shape index (κ1) is 18.2. The van der Waals surface area contributed by atoms with Crippen molar-refractivity contribution in [3.05, 3.63) is 21.7 Å². The monoisotopic (exact) mass is 394 g/mol. The van der Waals surface area contributed by atoms with Gasteiger partial charge in [0, 0.05) is 12.0 Å². The van der Waals surface area contributed by atoms with Crippen molar-refractivity contribution in [1.29, 1.82) is 0 Å². The first-order chi connectivity index (χ1) is 11.4. The number of esters is 1. The van der Waals surface area contributed by atoms with E-state index in [2.05, 4.69) is 34.8 Å². The van der Waals surface area contributed by atoms with Crippen LogP contribution in [0.25, 0.3) is 0 Å². The van der Waals surface area contributed by atoms with Gasteiger partial charge < -0.3 is 4.74 Å². The smallest absolute Gasteiger partial charge is 0.334 e. The third-order valence-corrected chi connectivity index (χ3v) is 7.64. The number of ether oxygens (including phenoxy) is 1. The van der Waals surface area contributed by atoms with Gasteiger partial charge in [-0.25, -0.2) is 4.79 Å². The van der Waals surface area contributed by atoms with E-state index in [1.54, 1.807) is 5.57 Å². The zero-order valence-corrected chi connectivity index (χ0v) is 17.1. The number of rotatable bonds is 3. The predicted octanol–water partition coefficient (Wildman–Crippen LogP) is 6.16. The molecule has 2 saturated carbocycles. The van der Waals surface area contributed by atoms with Gasteiger partial charge in [0.15, 0.2) is 0 Å². The van der Waals surface area contributed by atoms with Crippen molar-refractivity contribution in [2.45, 2.75) is 78.7 Å². The summed E-state index contributed by atoms with van der Waals surface area (Å²) < 4.78 is 5.66. The van der Waals surface area contributed by atoms with Gasteiger partial charge in [0.1, 0.15) is 6.10 Å². The summed E-state index contributed by atoms with van der Waals surface area (Å²) in [7, 11) is 0. The molecule has 0 amide bonds. The van der Waals surface area contributed by atoms with Gasteiger partial charge in [-0.15, -0.1) is 0 Å². The lowest BCUT2D eigenvalue weighted by Crippen LogP contribution is -2.36. The summed E-state index contributed by atoms with van der Waals surface area (Å²) >= 11 is 3.60. The van der Waals surface area contributed by atoms with Crippen LogP contribution in [0.2, 0.25) is 0 Å². The molecule has 2 aliphatic carbocycles. The highest BCUT2D eigenvalue weighted by molar-refractivity contribution is 9.11. The third-order valence-electron chi connectivity index (χ3n) is 7.06. The summed E-state index contributed by atoms with van der Waals surface area (Å²) in [5.74, 6) is 2.03. The molecule has 0 radical (unpaired) electrons. The molecule has 3 aliphatic rings. The van der Waals surface area contributed by atoms with Crippen LogP contribution in [-0.2, 0) is 9.53 Å². The number of carbonyl (C=O) groups is 1. The Labute approximate surface area is 155 Å². The molecule has 0 N–H and O–H groups in total. The predicted molar refractivity (Wildman–Crippen MR) is 102 cm³/mol. The van der Waals surface area contributed by atoms with Crippen LogP contribution in [0, 0.1) is 23.2 Å². The standard InChI is InChI=1S/C21H31BrO2/c1-13(2)17-11-16(24-20(17)23)10-14(3)18-7-8-19-15(12-22)6-5-9-21(18,19)4/h12,14,16,18-19H,5-11H2,1-4H3/t14-,16?,18-,19?,21-/m1/s1. The second-order valence-electron chi connectivity index (χ2n) is 8.70. The molecule has 3 rings (SSSR count). The molecule has 24 heavy (non-hydrogen) atoms. The zero-order valence-electron chi connectivity index (χ0n) is 15.5. The molecule has 1 aliphatic heterocycles. The van der Waals surface area contributed by atoms with E-state index in [1.807, 2.05) is 13.8 Å². The number of hydrogen-bond donors (Lipinski definition) is 0. The largest absolute Gasteiger partial charge is 0.459 e. The quantitative estimate of drug-likeness (QED) is 0.423. The summed E-state index contributed by atoms with van der Waals surface area (Å²) in [6, 6.07) is 0. The lowest BCUT2D eigenvalue weighted by Gasteiger charge is -2.44. The van der Waals surface area contributed by atoms with Crippen LogP contribution in [0.4, 0.5) is 0 Å². The maximum absolute atomic E-state index is 12.0. The summed E-state index contributed by atoms with van der Waals surface area (Å²) in [5, 5.41) is 0. The molecule has 3 heteroatoms. The van der Waals surface area contributed by atoms with E-state index in [0.29, 0.717) is 11.3 Å². The molecule has 0 aromatic rings. The Bertz CT molecular complexity index is 572. The van der Waals surface area contributed by atoms with Crippen LogP contribution in [0.15, 0.2) is 21.7 Å². The summed E-state index contributed by atoms with van der Waals surface area (Å²) in [5.41, 5.74) is 4.07. The Morgan fingerprint density at radius 3 is 2.79 bits per heavy atom. The van der Waals surface area contributed by atoms with Crippen LogP contribution < -0.4 is 0 Å². The van der Waals surface area contributed by atoms with Crippen molar-refractivity contribution in [2.24, 2.45) is 23.2 Å². The van der Waals surface area contributed by atoms with Crippen molar-refractivity contribution >= 4 is 21.9 Å². The molecule has 1 heterocycles. The molecule has 3 fully saturated rings. The Kier molecular flexibility index (Phi) is 5.30. The number of halogens is 1. The van der Waals surface area contributed by atoms with Crippen molar-refractivity contribution in [2.75, 3.05) is 0 Å². The number of cyclic esters (lactones) is 1. The van der Waals surface area contributed by atoms with Crippen molar-refractivity contribution in [3.63, 3.8) is 0 Å². The van der Waals surface area contributed by atoms with Crippen molar-refractivity contribution in [3.8, 4) is 0 Å². The van der Waals surface area contributed by atoms with Crippen LogP contribution in [0.3, 0.4) is 0 Å². The minimum atomic E-state index is -0.0788. The number of hydrogen-bond acceptors (Lipinski definition) is 2. The fourth-order valence-electron chi connectivity index (χ4n) is 5.84. The highest BCUT2D eigenvalue weighted by atomic mass is 79.9. The second kappa shape index (κ2) is 6.97. The zero-order chi connectivity index (χ0) is 17.5. The number of fused-ring (bicyclic) bond motifs is 1. The fourth-order valence-corrected chi connectivity index (χ4v) is 6.39. The van der Waals surface area contributed by atoms with E-state index in [9.17, 15) is 4.79 Å². The van der Waals surface area contributed by atoms with E-state index in [4.69, 9.17) is 4.74 Å². The van der Waals surface area contributed by atoms with Gasteiger partial charge in [0.05, 0.1) is 0 Å². The molecule has 0 spiro atoms. The molecular weight excluding hydrogens is 364 g/mol. The minimum absolute atomic E-state index is 0.0788. The Morgan fingerprint density at radius 2 is 2.17 bits per heavy atom. The second-order valence-corrected chi connectivity index (χ2v) is 9.16. The lowest BCUT2D eigenvalue weighted by molar-refractivity contribution is -0.139. The molecule has 2 unspecified atom stereocenters. The molecule has 0 bridgehead atoms. The average Bonchev–Trinajstić information content (AvgIpc) is 3.06. The fraction of sp³-hybridized carbons (Fsp3) is 0.762. The van der Waals surface area contributed by atoms with E-state index in [1.165, 1.54) is 32.1 Å². The number of carbonyl (C=O) groups excluding carboxylic acids is 1. The molecular formula is C21H31BrO2. The maximum Gasteiger partial charge on any atom is 0.334 e. The van der Waals surface area contributed by atoms with Gasteiger partial charge in [0.2, 0.25) is 0 Å². The van der Waals surface area contributed by atoms with Gasteiger partial charge in [-0.2, -0.15) is 0 Å². The molecule has 1 saturated heterocycles. The SMILES string of the molecule is CC(C)=C1CC(C[C@@H](C)[C@H]2CCC3C(=CBr)CCC[C@@]32C)OC1=O. The van der Waals surface area contributed by atoms with Crippen LogP contribution >= 0.6 is 15.9 Å². The van der Waals surface area contributed by atoms with E-state index in [0.717, 1.165) is 35.8 Å². The summed E-state index contributed by atoms with van der Waals surface area (Å²) in [4.78, 5) is 14.2. The molecule has 5 atom stereocenters. The van der Waals surface area contributed by atoms with Gasteiger partial charge >= 0.3 is 5.97 Å². The highest BCUT2D eigenvalue weighted by Gasteiger charge is 2.51. The van der Waals surface area contributed by atoms with E-state index < -0.39 is 0 Å². The first-order valence-corrected chi connectivity index (χ1v) is 10.4. The van der Waals surface area contributed by atoms with Crippen LogP contribution in [-0.4, -0.2) is 12.1 Å². The van der Waals surface area contributed by atoms with Crippen LogP contribution in [0.1, 0.15) is 72.6 Å². The highest BCUT2D eigenvalue weighted by Crippen LogP contribution is 2.60. The number of allylic oxidation sites excluding steroid dienone is 2.